The predicted octanol–water partition coefficient (Wildman–Crippen LogP) is 1.87. The van der Waals surface area contributed by atoms with Gasteiger partial charge in [0.05, 0.1) is 0 Å². The third kappa shape index (κ3) is 0.851. The molecule has 60 valence electrons. The molecule has 0 aromatic rings. The molecule has 1 heterocycles. The zero-order valence-corrected chi connectivity index (χ0v) is 6.78. The van der Waals surface area contributed by atoms with Gasteiger partial charge in [-0.2, -0.15) is 0 Å². The largest absolute Gasteiger partial charge is 0.511 e. The molecule has 0 amide bonds. The summed E-state index contributed by atoms with van der Waals surface area (Å²) in [7, 11) is 0. The second-order valence-corrected chi connectivity index (χ2v) is 5.07. The van der Waals surface area contributed by atoms with Crippen LogP contribution in [0.25, 0.3) is 0 Å². The molecular formula is C7H8O3S. The summed E-state index contributed by atoms with van der Waals surface area (Å²) in [5, 5.41) is 0. The lowest BCUT2D eigenvalue weighted by molar-refractivity contribution is 0.0120. The molecule has 0 bridgehead atoms. The van der Waals surface area contributed by atoms with Gasteiger partial charge in [-0.1, -0.05) is 11.8 Å². The number of hydrogen-bond acceptors (Lipinski definition) is 4. The first-order valence-corrected chi connectivity index (χ1v) is 4.66. The molecular weight excluding hydrogens is 164 g/mol. The van der Waals surface area contributed by atoms with Crippen LogP contribution in [0.15, 0.2) is 0 Å². The molecule has 0 aromatic carbocycles. The van der Waals surface area contributed by atoms with Crippen molar-refractivity contribution in [2.45, 2.75) is 35.5 Å². The van der Waals surface area contributed by atoms with E-state index >= 15 is 0 Å². The molecule has 3 aliphatic rings. The Hall–Kier alpha value is -0.380. The smallest absolute Gasteiger partial charge is 0.416 e. The second kappa shape index (κ2) is 1.53. The van der Waals surface area contributed by atoms with Gasteiger partial charge in [-0.05, 0) is 0 Å². The molecule has 2 saturated carbocycles. The lowest BCUT2D eigenvalue weighted by atomic mass is 10.8. The van der Waals surface area contributed by atoms with Gasteiger partial charge in [0.1, 0.15) is 0 Å². The number of hydrogen-bond donors (Lipinski definition) is 0. The number of carbonyl (C=O) groups excluding carboxylic acids is 1. The molecule has 0 unspecified atom stereocenters. The van der Waals surface area contributed by atoms with Crippen LogP contribution in [0.4, 0.5) is 4.79 Å². The zero-order valence-electron chi connectivity index (χ0n) is 5.96. The molecule has 3 nitrogen and oxygen atoms in total. The van der Waals surface area contributed by atoms with Crippen molar-refractivity contribution in [2.75, 3.05) is 0 Å². The molecule has 2 aliphatic carbocycles. The average molecular weight is 172 g/mol. The van der Waals surface area contributed by atoms with Crippen LogP contribution in [0.2, 0.25) is 0 Å². The van der Waals surface area contributed by atoms with E-state index in [1.165, 1.54) is 0 Å². The minimum Gasteiger partial charge on any atom is -0.416 e. The Morgan fingerprint density at radius 3 is 1.91 bits per heavy atom. The molecule has 1 aliphatic heterocycles. The van der Waals surface area contributed by atoms with E-state index in [-0.39, 0.29) is 9.87 Å². The molecule has 3 fully saturated rings. The maximum absolute atomic E-state index is 10.9. The molecule has 11 heavy (non-hydrogen) atoms. The van der Waals surface area contributed by atoms with Gasteiger partial charge in [-0.3, -0.25) is 0 Å². The molecule has 2 spiro atoms. The van der Waals surface area contributed by atoms with E-state index in [2.05, 4.69) is 0 Å². The Kier molecular flexibility index (Phi) is 0.858. The molecule has 4 heteroatoms. The Morgan fingerprint density at radius 1 is 1.09 bits per heavy atom. The van der Waals surface area contributed by atoms with Crippen molar-refractivity contribution in [1.29, 1.82) is 0 Å². The summed E-state index contributed by atoms with van der Waals surface area (Å²) in [5.41, 5.74) is 0. The maximum atomic E-state index is 10.9. The summed E-state index contributed by atoms with van der Waals surface area (Å²) in [5.74, 6) is 0. The maximum Gasteiger partial charge on any atom is 0.511 e. The average Bonchev–Trinajstić information content (AvgIpc) is 2.76. The highest BCUT2D eigenvalue weighted by Gasteiger charge is 2.64. The first kappa shape index (κ1) is 6.17. The lowest BCUT2D eigenvalue weighted by Crippen LogP contribution is -2.31. The summed E-state index contributed by atoms with van der Waals surface area (Å²) in [6, 6.07) is 0. The van der Waals surface area contributed by atoms with E-state index in [0.29, 0.717) is 0 Å². The van der Waals surface area contributed by atoms with E-state index in [0.717, 1.165) is 25.7 Å². The highest BCUT2D eigenvalue weighted by Crippen LogP contribution is 2.65. The van der Waals surface area contributed by atoms with E-state index in [4.69, 9.17) is 9.47 Å². The first-order valence-electron chi connectivity index (χ1n) is 3.84. The summed E-state index contributed by atoms with van der Waals surface area (Å²) >= 11 is 1.71. The van der Waals surface area contributed by atoms with Gasteiger partial charge in [0.25, 0.3) is 0 Å². The van der Waals surface area contributed by atoms with Gasteiger partial charge in [-0.25, -0.2) is 4.79 Å². The summed E-state index contributed by atoms with van der Waals surface area (Å²) in [6.07, 6.45) is 3.57. The van der Waals surface area contributed by atoms with Crippen LogP contribution in [0, 0.1) is 0 Å². The van der Waals surface area contributed by atoms with Crippen molar-refractivity contribution in [2.24, 2.45) is 0 Å². The monoisotopic (exact) mass is 172 g/mol. The van der Waals surface area contributed by atoms with Crippen molar-refractivity contribution < 1.29 is 14.3 Å². The SMILES string of the molecule is O=C1OC2(CC2)SC2(CC2)O1. The summed E-state index contributed by atoms with van der Waals surface area (Å²) in [6.45, 7) is 0. The Labute approximate surface area is 68.4 Å². The molecule has 0 atom stereocenters. The standard InChI is InChI=1S/C7H8O3S/c8-5-9-6(1-2-6)11-7(10-5)3-4-7/h1-4H2. The quantitative estimate of drug-likeness (QED) is 0.522. The van der Waals surface area contributed by atoms with Crippen molar-refractivity contribution in [3.63, 3.8) is 0 Å². The van der Waals surface area contributed by atoms with Crippen molar-refractivity contribution >= 4 is 17.9 Å². The Bertz CT molecular complexity index is 208. The fourth-order valence-corrected chi connectivity index (χ4v) is 2.83. The van der Waals surface area contributed by atoms with E-state index < -0.39 is 6.16 Å². The van der Waals surface area contributed by atoms with Crippen LogP contribution in [0.5, 0.6) is 0 Å². The minimum absolute atomic E-state index is 0.161. The Balaban J connectivity index is 1.87. The summed E-state index contributed by atoms with van der Waals surface area (Å²) < 4.78 is 10.1. The number of ether oxygens (including phenoxy) is 2. The van der Waals surface area contributed by atoms with E-state index in [1.54, 1.807) is 11.8 Å². The second-order valence-electron chi connectivity index (χ2n) is 3.38. The lowest BCUT2D eigenvalue weighted by Gasteiger charge is -2.28. The van der Waals surface area contributed by atoms with Crippen LogP contribution in [-0.2, 0) is 9.47 Å². The number of carbonyl (C=O) groups is 1. The molecule has 0 N–H and O–H groups in total. The van der Waals surface area contributed by atoms with Gasteiger partial charge in [-0.15, -0.1) is 0 Å². The van der Waals surface area contributed by atoms with Gasteiger partial charge in [0, 0.05) is 25.7 Å². The van der Waals surface area contributed by atoms with Gasteiger partial charge in [0.15, 0.2) is 9.87 Å². The first-order chi connectivity index (χ1) is 5.22. The van der Waals surface area contributed by atoms with Crippen LogP contribution in [0.1, 0.15) is 25.7 Å². The molecule has 1 saturated heterocycles. The highest BCUT2D eigenvalue weighted by atomic mass is 32.2. The molecule has 0 radical (unpaired) electrons. The van der Waals surface area contributed by atoms with Gasteiger partial charge < -0.3 is 9.47 Å². The highest BCUT2D eigenvalue weighted by molar-refractivity contribution is 8.02. The fraction of sp³-hybridized carbons (Fsp3) is 0.857. The Morgan fingerprint density at radius 2 is 1.55 bits per heavy atom. The van der Waals surface area contributed by atoms with E-state index in [9.17, 15) is 4.79 Å². The third-order valence-corrected chi connectivity index (χ3v) is 3.95. The van der Waals surface area contributed by atoms with Crippen molar-refractivity contribution in [3.8, 4) is 0 Å². The summed E-state index contributed by atoms with van der Waals surface area (Å²) in [4.78, 5) is 10.6. The number of thioether (sulfide) groups is 1. The topological polar surface area (TPSA) is 35.5 Å². The third-order valence-electron chi connectivity index (χ3n) is 2.23. The van der Waals surface area contributed by atoms with Gasteiger partial charge in [0.2, 0.25) is 0 Å². The predicted molar refractivity (Wildman–Crippen MR) is 39.1 cm³/mol. The minimum atomic E-state index is -0.459. The van der Waals surface area contributed by atoms with Crippen LogP contribution in [-0.4, -0.2) is 16.0 Å². The van der Waals surface area contributed by atoms with E-state index in [1.807, 2.05) is 0 Å². The van der Waals surface area contributed by atoms with Gasteiger partial charge >= 0.3 is 6.16 Å². The normalized spacial score (nSPS) is 34.7. The van der Waals surface area contributed by atoms with Crippen molar-refractivity contribution in [3.05, 3.63) is 0 Å². The van der Waals surface area contributed by atoms with Crippen molar-refractivity contribution in [1.82, 2.24) is 0 Å². The molecule has 0 aromatic heterocycles. The van der Waals surface area contributed by atoms with Crippen LogP contribution < -0.4 is 0 Å². The molecule has 3 rings (SSSR count). The van der Waals surface area contributed by atoms with Crippen LogP contribution >= 0.6 is 11.8 Å². The number of rotatable bonds is 0. The zero-order chi connectivity index (χ0) is 7.53. The fourth-order valence-electron chi connectivity index (χ4n) is 1.32. The van der Waals surface area contributed by atoms with Crippen LogP contribution in [0.3, 0.4) is 0 Å².